The number of nitrogens with one attached hydrogen (secondary N) is 1. The van der Waals surface area contributed by atoms with Crippen LogP contribution >= 0.6 is 11.8 Å². The van der Waals surface area contributed by atoms with Crippen LogP contribution in [0.5, 0.6) is 0 Å². The molecule has 154 valence electrons. The molecule has 3 N–H and O–H groups in total. The predicted octanol–water partition coefficient (Wildman–Crippen LogP) is 1.09. The number of anilines is 1. The van der Waals surface area contributed by atoms with Crippen LogP contribution in [0.15, 0.2) is 22.0 Å². The van der Waals surface area contributed by atoms with Crippen molar-refractivity contribution in [1.29, 1.82) is 0 Å². The van der Waals surface area contributed by atoms with E-state index in [2.05, 4.69) is 0 Å². The molecule has 2 aliphatic heterocycles. The van der Waals surface area contributed by atoms with E-state index in [9.17, 15) is 23.9 Å². The predicted molar refractivity (Wildman–Crippen MR) is 104 cm³/mol. The summed E-state index contributed by atoms with van der Waals surface area (Å²) in [5.41, 5.74) is 1.45. The summed E-state index contributed by atoms with van der Waals surface area (Å²) >= 11 is 1.30. The number of hydroxylamine groups is 1. The average molecular weight is 422 g/mol. The fourth-order valence-electron chi connectivity index (χ4n) is 3.85. The fourth-order valence-corrected chi connectivity index (χ4v) is 5.01. The standard InChI is InChI=1S/C18H19FN4O5S/c1-9-23-12-7-13(22-4-2-21(3-5-22)8-14(24)20-28)11(19)6-10(12)16(25)15(18(26)27)17(23)29-9/h6-7,9,28H,2-5,8H2,1H3,(H,20,24)(H,26,27). The number of carbonyl (C=O) groups is 2. The van der Waals surface area contributed by atoms with Gasteiger partial charge in [-0.1, -0.05) is 11.8 Å². The Morgan fingerprint density at radius 1 is 1.28 bits per heavy atom. The summed E-state index contributed by atoms with van der Waals surface area (Å²) in [6.07, 6.45) is 0. The number of rotatable bonds is 4. The van der Waals surface area contributed by atoms with Crippen LogP contribution in [0.2, 0.25) is 0 Å². The molecule has 1 fully saturated rings. The molecule has 2 aliphatic rings. The topological polar surface area (TPSA) is 115 Å². The lowest BCUT2D eigenvalue weighted by molar-refractivity contribution is -0.130. The molecule has 0 spiro atoms. The summed E-state index contributed by atoms with van der Waals surface area (Å²) in [6, 6.07) is 2.72. The molecule has 9 nitrogen and oxygen atoms in total. The number of pyridine rings is 1. The first-order valence-electron chi connectivity index (χ1n) is 9.03. The van der Waals surface area contributed by atoms with Crippen molar-refractivity contribution in [3.05, 3.63) is 33.7 Å². The molecule has 1 saturated heterocycles. The van der Waals surface area contributed by atoms with Gasteiger partial charge in [-0.05, 0) is 19.1 Å². The van der Waals surface area contributed by atoms with E-state index in [0.717, 1.165) is 6.07 Å². The van der Waals surface area contributed by atoms with Gasteiger partial charge in [0.2, 0.25) is 5.43 Å². The third kappa shape index (κ3) is 3.24. The number of halogens is 1. The van der Waals surface area contributed by atoms with Crippen LogP contribution in [0, 0.1) is 5.82 Å². The lowest BCUT2D eigenvalue weighted by atomic mass is 10.1. The smallest absolute Gasteiger partial charge is 0.342 e. The van der Waals surface area contributed by atoms with Crippen LogP contribution in [-0.4, -0.2) is 64.4 Å². The molecule has 1 atom stereocenters. The second kappa shape index (κ2) is 7.32. The molecule has 1 aromatic heterocycles. The quantitative estimate of drug-likeness (QED) is 0.496. The van der Waals surface area contributed by atoms with E-state index in [1.54, 1.807) is 16.1 Å². The molecular formula is C18H19FN4O5S. The van der Waals surface area contributed by atoms with Gasteiger partial charge in [0.1, 0.15) is 11.4 Å². The third-order valence-electron chi connectivity index (χ3n) is 5.29. The van der Waals surface area contributed by atoms with Crippen molar-refractivity contribution in [2.45, 2.75) is 17.3 Å². The summed E-state index contributed by atoms with van der Waals surface area (Å²) < 4.78 is 16.6. The molecule has 3 heterocycles. The maximum Gasteiger partial charge on any atom is 0.342 e. The monoisotopic (exact) mass is 422 g/mol. The maximum atomic E-state index is 14.9. The fraction of sp³-hybridized carbons (Fsp3) is 0.389. The number of nitrogens with zero attached hydrogens (tertiary/aromatic N) is 3. The largest absolute Gasteiger partial charge is 0.477 e. The second-order valence-electron chi connectivity index (χ2n) is 7.02. The summed E-state index contributed by atoms with van der Waals surface area (Å²) in [5, 5.41) is 18.4. The normalized spacial score (nSPS) is 19.0. The van der Waals surface area contributed by atoms with E-state index in [1.165, 1.54) is 11.8 Å². The van der Waals surface area contributed by atoms with Crippen LogP contribution in [0.4, 0.5) is 10.1 Å². The minimum atomic E-state index is -1.31. The van der Waals surface area contributed by atoms with E-state index in [0.29, 0.717) is 42.4 Å². The summed E-state index contributed by atoms with van der Waals surface area (Å²) in [4.78, 5) is 39.1. The Morgan fingerprint density at radius 2 is 1.97 bits per heavy atom. The Kier molecular flexibility index (Phi) is 4.97. The molecule has 11 heteroatoms. The number of carboxylic acid groups (broad SMARTS) is 1. The minimum absolute atomic E-state index is 0.0535. The van der Waals surface area contributed by atoms with E-state index in [-0.39, 0.29) is 22.9 Å². The number of carboxylic acids is 1. The van der Waals surface area contributed by atoms with E-state index >= 15 is 0 Å². The zero-order chi connectivity index (χ0) is 20.9. The molecule has 0 aliphatic carbocycles. The zero-order valence-corrected chi connectivity index (χ0v) is 16.3. The van der Waals surface area contributed by atoms with Crippen molar-refractivity contribution in [2.75, 3.05) is 37.6 Å². The van der Waals surface area contributed by atoms with E-state index < -0.39 is 23.1 Å². The van der Waals surface area contributed by atoms with Gasteiger partial charge in [0, 0.05) is 31.6 Å². The maximum absolute atomic E-state index is 14.9. The van der Waals surface area contributed by atoms with Gasteiger partial charge in [-0.2, -0.15) is 0 Å². The van der Waals surface area contributed by atoms with Crippen LogP contribution < -0.4 is 15.8 Å². The van der Waals surface area contributed by atoms with Crippen molar-refractivity contribution in [1.82, 2.24) is 14.9 Å². The van der Waals surface area contributed by atoms with Crippen molar-refractivity contribution >= 4 is 40.2 Å². The summed E-state index contributed by atoms with van der Waals surface area (Å²) in [6.45, 7) is 3.90. The van der Waals surface area contributed by atoms with Gasteiger partial charge in [0.05, 0.1) is 28.1 Å². The second-order valence-corrected chi connectivity index (χ2v) is 8.33. The molecule has 29 heavy (non-hydrogen) atoms. The minimum Gasteiger partial charge on any atom is -0.477 e. The lowest BCUT2D eigenvalue weighted by Crippen LogP contribution is -2.49. The van der Waals surface area contributed by atoms with Gasteiger partial charge in [-0.25, -0.2) is 14.7 Å². The molecule has 1 aromatic carbocycles. The average Bonchev–Trinajstić information content (AvgIpc) is 2.68. The van der Waals surface area contributed by atoms with Crippen LogP contribution in [0.1, 0.15) is 22.7 Å². The van der Waals surface area contributed by atoms with Gasteiger partial charge in [0.25, 0.3) is 5.91 Å². The highest BCUT2D eigenvalue weighted by molar-refractivity contribution is 8.00. The molecular weight excluding hydrogens is 403 g/mol. The van der Waals surface area contributed by atoms with Crippen LogP contribution in [0.3, 0.4) is 0 Å². The number of aromatic carboxylic acids is 1. The molecule has 0 radical (unpaired) electrons. The Labute approximate surface area is 168 Å². The van der Waals surface area contributed by atoms with Gasteiger partial charge < -0.3 is 14.6 Å². The molecule has 4 rings (SSSR count). The van der Waals surface area contributed by atoms with Crippen molar-refractivity contribution in [2.24, 2.45) is 0 Å². The molecule has 1 unspecified atom stereocenters. The van der Waals surface area contributed by atoms with E-state index in [4.69, 9.17) is 5.21 Å². The number of thioether (sulfide) groups is 1. The summed E-state index contributed by atoms with van der Waals surface area (Å²) in [5.74, 6) is -2.41. The Morgan fingerprint density at radius 3 is 2.55 bits per heavy atom. The van der Waals surface area contributed by atoms with Crippen LogP contribution in [-0.2, 0) is 4.79 Å². The highest BCUT2D eigenvalue weighted by Crippen LogP contribution is 2.46. The molecule has 1 amide bonds. The first kappa shape index (κ1) is 19.7. The number of hydrogen-bond acceptors (Lipinski definition) is 7. The highest BCUT2D eigenvalue weighted by Gasteiger charge is 2.33. The van der Waals surface area contributed by atoms with Crippen molar-refractivity contribution in [3.63, 3.8) is 0 Å². The molecule has 0 bridgehead atoms. The number of aromatic nitrogens is 1. The van der Waals surface area contributed by atoms with Gasteiger partial charge in [0.15, 0.2) is 0 Å². The Bertz CT molecular complexity index is 1080. The molecule has 0 saturated carbocycles. The number of fused-ring (bicyclic) bond motifs is 3. The first-order chi connectivity index (χ1) is 13.8. The van der Waals surface area contributed by atoms with Gasteiger partial charge >= 0.3 is 5.97 Å². The SMILES string of the molecule is CC1Sc2c(C(=O)O)c(=O)c3cc(F)c(N4CCN(CC(=O)NO)CC4)cc3n21. The number of amides is 1. The lowest BCUT2D eigenvalue weighted by Gasteiger charge is -2.37. The van der Waals surface area contributed by atoms with Crippen molar-refractivity contribution in [3.8, 4) is 0 Å². The zero-order valence-electron chi connectivity index (χ0n) is 15.5. The Hall–Kier alpha value is -2.63. The van der Waals surface area contributed by atoms with Gasteiger partial charge in [-0.3, -0.25) is 19.7 Å². The van der Waals surface area contributed by atoms with E-state index in [1.807, 2.05) is 16.7 Å². The summed E-state index contributed by atoms with van der Waals surface area (Å²) in [7, 11) is 0. The first-order valence-corrected chi connectivity index (χ1v) is 9.91. The highest BCUT2D eigenvalue weighted by atomic mass is 32.2. The number of piperazine rings is 1. The number of hydrogen-bond donors (Lipinski definition) is 3. The molecule has 2 aromatic rings. The third-order valence-corrected chi connectivity index (χ3v) is 6.47. The number of benzene rings is 1. The van der Waals surface area contributed by atoms with Gasteiger partial charge in [-0.15, -0.1) is 0 Å². The van der Waals surface area contributed by atoms with Crippen molar-refractivity contribution < 1.29 is 24.3 Å². The van der Waals surface area contributed by atoms with Crippen LogP contribution in [0.25, 0.3) is 10.9 Å². The number of carbonyl (C=O) groups excluding carboxylic acids is 1. The Balaban J connectivity index is 1.70.